The molecule has 2 fully saturated rings. The molecule has 1 nitrogen and oxygen atoms in total. The molecule has 1 heteroatoms. The van der Waals surface area contributed by atoms with Crippen molar-refractivity contribution in [2.75, 3.05) is 0 Å². The fourth-order valence-corrected chi connectivity index (χ4v) is 2.37. The Balaban J connectivity index is 2.07. The van der Waals surface area contributed by atoms with Gasteiger partial charge < -0.3 is 5.41 Å². The lowest BCUT2D eigenvalue weighted by Gasteiger charge is -2.28. The summed E-state index contributed by atoms with van der Waals surface area (Å²) in [5.74, 6) is 0.654. The van der Waals surface area contributed by atoms with E-state index in [-0.39, 0.29) is 0 Å². The number of rotatable bonds is 1. The van der Waals surface area contributed by atoms with Gasteiger partial charge in [-0.3, -0.25) is 0 Å². The van der Waals surface area contributed by atoms with Crippen molar-refractivity contribution >= 4 is 6.21 Å². The highest BCUT2D eigenvalue weighted by Gasteiger charge is 2.48. The van der Waals surface area contributed by atoms with Gasteiger partial charge in [0.25, 0.3) is 0 Å². The molecule has 10 heavy (non-hydrogen) atoms. The van der Waals surface area contributed by atoms with Crippen LogP contribution in [0.5, 0.6) is 0 Å². The third-order valence-electron chi connectivity index (χ3n) is 3.32. The predicted octanol–water partition coefficient (Wildman–Crippen LogP) is 2.61. The van der Waals surface area contributed by atoms with Crippen LogP contribution in [0, 0.1) is 16.7 Å². The molecule has 1 unspecified atom stereocenters. The maximum atomic E-state index is 7.27. The van der Waals surface area contributed by atoms with E-state index in [9.17, 15) is 0 Å². The summed E-state index contributed by atoms with van der Waals surface area (Å²) >= 11 is 0. The minimum Gasteiger partial charge on any atom is -0.313 e. The molecule has 2 rings (SSSR count). The summed E-state index contributed by atoms with van der Waals surface area (Å²) in [7, 11) is 0. The lowest BCUT2D eigenvalue weighted by Crippen LogP contribution is -2.21. The first-order valence-corrected chi connectivity index (χ1v) is 4.38. The SMILES string of the molecule is N=CC1CCCCC12CC2. The average molecular weight is 137 g/mol. The summed E-state index contributed by atoms with van der Waals surface area (Å²) in [5, 5.41) is 7.27. The van der Waals surface area contributed by atoms with Crippen LogP contribution in [0.4, 0.5) is 0 Å². The zero-order chi connectivity index (χ0) is 7.03. The lowest BCUT2D eigenvalue weighted by atomic mass is 9.77. The first-order chi connectivity index (χ1) is 4.87. The van der Waals surface area contributed by atoms with E-state index in [1.165, 1.54) is 38.5 Å². The van der Waals surface area contributed by atoms with E-state index in [1.54, 1.807) is 6.21 Å². The van der Waals surface area contributed by atoms with Gasteiger partial charge in [0.05, 0.1) is 0 Å². The topological polar surface area (TPSA) is 23.9 Å². The highest BCUT2D eigenvalue weighted by molar-refractivity contribution is 5.59. The van der Waals surface area contributed by atoms with Crippen molar-refractivity contribution in [1.82, 2.24) is 0 Å². The van der Waals surface area contributed by atoms with Crippen LogP contribution in [0.3, 0.4) is 0 Å². The second-order valence-corrected chi connectivity index (χ2v) is 3.88. The lowest BCUT2D eigenvalue weighted by molar-refractivity contribution is 0.281. The molecule has 1 N–H and O–H groups in total. The Morgan fingerprint density at radius 3 is 2.50 bits per heavy atom. The van der Waals surface area contributed by atoms with E-state index >= 15 is 0 Å². The summed E-state index contributed by atoms with van der Waals surface area (Å²) < 4.78 is 0. The zero-order valence-electron chi connectivity index (χ0n) is 6.40. The average Bonchev–Trinajstić information content (AvgIpc) is 2.71. The van der Waals surface area contributed by atoms with Gasteiger partial charge in [0.15, 0.2) is 0 Å². The molecule has 0 bridgehead atoms. The van der Waals surface area contributed by atoms with Crippen LogP contribution in [0.15, 0.2) is 0 Å². The van der Waals surface area contributed by atoms with Crippen molar-refractivity contribution in [3.63, 3.8) is 0 Å². The number of hydrogen-bond donors (Lipinski definition) is 1. The van der Waals surface area contributed by atoms with Gasteiger partial charge >= 0.3 is 0 Å². The Bertz CT molecular complexity index is 147. The maximum Gasteiger partial charge on any atom is -0.000838 e. The van der Waals surface area contributed by atoms with Gasteiger partial charge in [0.1, 0.15) is 0 Å². The van der Waals surface area contributed by atoms with E-state index < -0.39 is 0 Å². The summed E-state index contributed by atoms with van der Waals surface area (Å²) in [6.45, 7) is 0. The van der Waals surface area contributed by atoms with Crippen molar-refractivity contribution in [1.29, 1.82) is 5.41 Å². The van der Waals surface area contributed by atoms with E-state index in [2.05, 4.69) is 0 Å². The van der Waals surface area contributed by atoms with Crippen molar-refractivity contribution in [2.24, 2.45) is 11.3 Å². The van der Waals surface area contributed by atoms with Crippen LogP contribution in [-0.2, 0) is 0 Å². The molecule has 1 atom stereocenters. The van der Waals surface area contributed by atoms with E-state index in [4.69, 9.17) is 5.41 Å². The molecule has 2 aliphatic rings. The Kier molecular flexibility index (Phi) is 1.33. The molecule has 2 aliphatic carbocycles. The van der Waals surface area contributed by atoms with Crippen LogP contribution < -0.4 is 0 Å². The molecule has 0 aromatic carbocycles. The molecule has 0 aliphatic heterocycles. The minimum atomic E-state index is 0.653. The second kappa shape index (κ2) is 2.08. The molecule has 56 valence electrons. The summed E-state index contributed by atoms with van der Waals surface area (Å²) in [6, 6.07) is 0. The van der Waals surface area contributed by atoms with Crippen molar-refractivity contribution in [3.8, 4) is 0 Å². The van der Waals surface area contributed by atoms with Crippen molar-refractivity contribution in [2.45, 2.75) is 38.5 Å². The molecule has 0 saturated heterocycles. The number of nitrogens with one attached hydrogen (secondary N) is 1. The molecule has 0 radical (unpaired) electrons. The molecule has 0 aromatic rings. The molecule has 2 saturated carbocycles. The summed E-state index contributed by atoms with van der Waals surface area (Å²) in [5.41, 5.74) is 0.653. The quantitative estimate of drug-likeness (QED) is 0.537. The van der Waals surface area contributed by atoms with E-state index in [0.29, 0.717) is 11.3 Å². The van der Waals surface area contributed by atoms with Crippen LogP contribution >= 0.6 is 0 Å². The third kappa shape index (κ3) is 0.799. The molecule has 0 amide bonds. The van der Waals surface area contributed by atoms with Crippen LogP contribution in [0.1, 0.15) is 38.5 Å². The van der Waals surface area contributed by atoms with Gasteiger partial charge in [-0.15, -0.1) is 0 Å². The van der Waals surface area contributed by atoms with Gasteiger partial charge in [0.2, 0.25) is 0 Å². The van der Waals surface area contributed by atoms with E-state index in [0.717, 1.165) is 0 Å². The second-order valence-electron chi connectivity index (χ2n) is 3.88. The molecule has 0 heterocycles. The summed E-state index contributed by atoms with van der Waals surface area (Å²) in [6.07, 6.45) is 10.0. The fourth-order valence-electron chi connectivity index (χ4n) is 2.37. The Morgan fingerprint density at radius 1 is 1.20 bits per heavy atom. The Morgan fingerprint density at radius 2 is 2.00 bits per heavy atom. The Hall–Kier alpha value is -0.330. The van der Waals surface area contributed by atoms with Crippen molar-refractivity contribution < 1.29 is 0 Å². The van der Waals surface area contributed by atoms with E-state index in [1.807, 2.05) is 0 Å². The highest BCUT2D eigenvalue weighted by atomic mass is 14.6. The minimum absolute atomic E-state index is 0.653. The predicted molar refractivity (Wildman–Crippen MR) is 42.4 cm³/mol. The number of hydrogen-bond acceptors (Lipinski definition) is 1. The zero-order valence-corrected chi connectivity index (χ0v) is 6.40. The van der Waals surface area contributed by atoms with Crippen LogP contribution in [0.25, 0.3) is 0 Å². The fraction of sp³-hybridized carbons (Fsp3) is 0.889. The highest BCUT2D eigenvalue weighted by Crippen LogP contribution is 2.58. The van der Waals surface area contributed by atoms with Gasteiger partial charge in [-0.1, -0.05) is 12.8 Å². The largest absolute Gasteiger partial charge is 0.313 e. The molecular weight excluding hydrogens is 122 g/mol. The van der Waals surface area contributed by atoms with Gasteiger partial charge in [-0.05, 0) is 43.2 Å². The van der Waals surface area contributed by atoms with Gasteiger partial charge in [0, 0.05) is 0 Å². The van der Waals surface area contributed by atoms with Gasteiger partial charge in [-0.2, -0.15) is 0 Å². The first kappa shape index (κ1) is 6.38. The first-order valence-electron chi connectivity index (χ1n) is 4.38. The smallest absolute Gasteiger partial charge is 0.000838 e. The normalized spacial score (nSPS) is 35.8. The molecular formula is C9H15N. The van der Waals surface area contributed by atoms with Gasteiger partial charge in [-0.25, -0.2) is 0 Å². The van der Waals surface area contributed by atoms with Crippen LogP contribution in [-0.4, -0.2) is 6.21 Å². The third-order valence-corrected chi connectivity index (χ3v) is 3.32. The molecule has 1 spiro atoms. The molecule has 0 aromatic heterocycles. The monoisotopic (exact) mass is 137 g/mol. The maximum absolute atomic E-state index is 7.27. The van der Waals surface area contributed by atoms with Crippen molar-refractivity contribution in [3.05, 3.63) is 0 Å². The Labute approximate surface area is 62.3 Å². The standard InChI is InChI=1S/C9H15N/c10-7-8-3-1-2-4-9(8)5-6-9/h7-8,10H,1-6H2. The van der Waals surface area contributed by atoms with Crippen LogP contribution in [0.2, 0.25) is 0 Å². The summed E-state index contributed by atoms with van der Waals surface area (Å²) in [4.78, 5) is 0.